The van der Waals surface area contributed by atoms with E-state index in [4.69, 9.17) is 5.73 Å². The smallest absolute Gasteiger partial charge is 0.224 e. The lowest BCUT2D eigenvalue weighted by Gasteiger charge is -2.08. The highest BCUT2D eigenvalue weighted by Crippen LogP contribution is 2.13. The van der Waals surface area contributed by atoms with Crippen molar-refractivity contribution < 1.29 is 4.79 Å². The number of nitrogens with two attached hydrogens (primary N) is 1. The quantitative estimate of drug-likeness (QED) is 0.814. The lowest BCUT2D eigenvalue weighted by Crippen LogP contribution is -2.27. The molecule has 0 aliphatic carbocycles. The standard InChI is InChI=1S/C16H19N3O/c1-12-5-6-14(17)10-13(12)11-16(20)19-9-7-15-4-2-3-8-18-15/h2-6,8,10H,7,9,11,17H2,1H3,(H,19,20). The second-order valence-corrected chi connectivity index (χ2v) is 4.78. The van der Waals surface area contributed by atoms with Gasteiger partial charge in [0.05, 0.1) is 6.42 Å². The van der Waals surface area contributed by atoms with Crippen LogP contribution in [0, 0.1) is 6.92 Å². The summed E-state index contributed by atoms with van der Waals surface area (Å²) in [6.45, 7) is 2.58. The topological polar surface area (TPSA) is 68.0 Å². The largest absolute Gasteiger partial charge is 0.399 e. The molecule has 4 nitrogen and oxygen atoms in total. The van der Waals surface area contributed by atoms with E-state index in [1.54, 1.807) is 6.20 Å². The van der Waals surface area contributed by atoms with Gasteiger partial charge >= 0.3 is 0 Å². The minimum absolute atomic E-state index is 0.00892. The average molecular weight is 269 g/mol. The maximum atomic E-state index is 11.9. The molecule has 1 aromatic carbocycles. The molecule has 2 aromatic rings. The third kappa shape index (κ3) is 4.09. The average Bonchev–Trinajstić information content (AvgIpc) is 2.44. The number of carbonyl (C=O) groups excluding carboxylic acids is 1. The van der Waals surface area contributed by atoms with Crippen molar-refractivity contribution in [1.82, 2.24) is 10.3 Å². The molecule has 0 unspecified atom stereocenters. The van der Waals surface area contributed by atoms with Crippen LogP contribution < -0.4 is 11.1 Å². The molecule has 0 saturated carbocycles. The molecular formula is C16H19N3O. The maximum Gasteiger partial charge on any atom is 0.224 e. The minimum atomic E-state index is 0.00892. The van der Waals surface area contributed by atoms with Crippen LogP contribution in [0.25, 0.3) is 0 Å². The lowest BCUT2D eigenvalue weighted by molar-refractivity contribution is -0.120. The van der Waals surface area contributed by atoms with Gasteiger partial charge in [-0.15, -0.1) is 0 Å². The van der Waals surface area contributed by atoms with Gasteiger partial charge in [-0.05, 0) is 42.3 Å². The predicted octanol–water partition coefficient (Wildman–Crippen LogP) is 1.87. The van der Waals surface area contributed by atoms with Crippen molar-refractivity contribution in [2.24, 2.45) is 0 Å². The molecule has 3 N–H and O–H groups in total. The summed E-state index contributed by atoms with van der Waals surface area (Å²) >= 11 is 0. The van der Waals surface area contributed by atoms with Gasteiger partial charge in [0.15, 0.2) is 0 Å². The first-order valence-electron chi connectivity index (χ1n) is 6.67. The van der Waals surface area contributed by atoms with Crippen molar-refractivity contribution >= 4 is 11.6 Å². The SMILES string of the molecule is Cc1ccc(N)cc1CC(=O)NCCc1ccccn1. The highest BCUT2D eigenvalue weighted by Gasteiger charge is 2.06. The Labute approximate surface area is 119 Å². The number of hydrogen-bond acceptors (Lipinski definition) is 3. The molecule has 0 radical (unpaired) electrons. The van der Waals surface area contributed by atoms with Crippen LogP contribution in [0.5, 0.6) is 0 Å². The van der Waals surface area contributed by atoms with Crippen molar-refractivity contribution in [2.45, 2.75) is 19.8 Å². The number of nitrogens with one attached hydrogen (secondary N) is 1. The van der Waals surface area contributed by atoms with Gasteiger partial charge in [0.1, 0.15) is 0 Å². The van der Waals surface area contributed by atoms with E-state index in [1.165, 1.54) is 0 Å². The van der Waals surface area contributed by atoms with Crippen molar-refractivity contribution in [3.8, 4) is 0 Å². The molecule has 0 atom stereocenters. The molecule has 0 spiro atoms. The molecule has 1 amide bonds. The summed E-state index contributed by atoms with van der Waals surface area (Å²) in [5.74, 6) is 0.00892. The summed E-state index contributed by atoms with van der Waals surface area (Å²) in [6, 6.07) is 11.4. The predicted molar refractivity (Wildman–Crippen MR) is 80.2 cm³/mol. The fraction of sp³-hybridized carbons (Fsp3) is 0.250. The van der Waals surface area contributed by atoms with Crippen molar-refractivity contribution in [3.05, 3.63) is 59.4 Å². The van der Waals surface area contributed by atoms with Gasteiger partial charge in [-0.2, -0.15) is 0 Å². The first-order valence-corrected chi connectivity index (χ1v) is 6.67. The monoisotopic (exact) mass is 269 g/mol. The van der Waals surface area contributed by atoms with Crippen LogP contribution in [-0.2, 0) is 17.6 Å². The number of amides is 1. The van der Waals surface area contributed by atoms with Crippen LogP contribution in [0.2, 0.25) is 0 Å². The van der Waals surface area contributed by atoms with E-state index in [-0.39, 0.29) is 5.91 Å². The van der Waals surface area contributed by atoms with E-state index < -0.39 is 0 Å². The van der Waals surface area contributed by atoms with Crippen molar-refractivity contribution in [2.75, 3.05) is 12.3 Å². The Hall–Kier alpha value is -2.36. The highest BCUT2D eigenvalue weighted by molar-refractivity contribution is 5.79. The molecule has 1 heterocycles. The number of aromatic nitrogens is 1. The third-order valence-electron chi connectivity index (χ3n) is 3.15. The van der Waals surface area contributed by atoms with Gasteiger partial charge in [0.25, 0.3) is 0 Å². The van der Waals surface area contributed by atoms with E-state index in [1.807, 2.05) is 43.3 Å². The molecule has 0 aliphatic rings. The normalized spacial score (nSPS) is 10.2. The summed E-state index contributed by atoms with van der Waals surface area (Å²) in [6.07, 6.45) is 2.86. The Balaban J connectivity index is 1.82. The molecule has 20 heavy (non-hydrogen) atoms. The number of hydrogen-bond donors (Lipinski definition) is 2. The van der Waals surface area contributed by atoms with Gasteiger partial charge in [0.2, 0.25) is 5.91 Å². The second-order valence-electron chi connectivity index (χ2n) is 4.78. The molecule has 0 aliphatic heterocycles. The minimum Gasteiger partial charge on any atom is -0.399 e. The first-order chi connectivity index (χ1) is 9.65. The molecule has 2 rings (SSSR count). The number of anilines is 1. The van der Waals surface area contributed by atoms with Crippen molar-refractivity contribution in [1.29, 1.82) is 0 Å². The summed E-state index contributed by atoms with van der Waals surface area (Å²) in [5.41, 5.74) is 9.46. The fourth-order valence-corrected chi connectivity index (χ4v) is 1.99. The van der Waals surface area contributed by atoms with Crippen LogP contribution in [-0.4, -0.2) is 17.4 Å². The number of aryl methyl sites for hydroxylation is 1. The Morgan fingerprint density at radius 2 is 2.15 bits per heavy atom. The van der Waals surface area contributed by atoms with Crippen LogP contribution in [0.4, 0.5) is 5.69 Å². The summed E-state index contributed by atoms with van der Waals surface area (Å²) in [4.78, 5) is 16.1. The summed E-state index contributed by atoms with van der Waals surface area (Å²) in [7, 11) is 0. The van der Waals surface area contributed by atoms with E-state index >= 15 is 0 Å². The third-order valence-corrected chi connectivity index (χ3v) is 3.15. The van der Waals surface area contributed by atoms with Crippen molar-refractivity contribution in [3.63, 3.8) is 0 Å². The van der Waals surface area contributed by atoms with Gasteiger partial charge in [-0.25, -0.2) is 0 Å². The lowest BCUT2D eigenvalue weighted by atomic mass is 10.0. The van der Waals surface area contributed by atoms with Crippen LogP contribution in [0.3, 0.4) is 0 Å². The van der Waals surface area contributed by atoms with Gasteiger partial charge < -0.3 is 11.1 Å². The molecular weight excluding hydrogens is 250 g/mol. The molecule has 4 heteroatoms. The van der Waals surface area contributed by atoms with E-state index in [0.717, 1.165) is 23.2 Å². The Kier molecular flexibility index (Phi) is 4.71. The first kappa shape index (κ1) is 14.1. The molecule has 0 saturated heterocycles. The number of rotatable bonds is 5. The maximum absolute atomic E-state index is 11.9. The Morgan fingerprint density at radius 1 is 1.30 bits per heavy atom. The molecule has 104 valence electrons. The Bertz CT molecular complexity index is 582. The zero-order valence-corrected chi connectivity index (χ0v) is 11.6. The number of pyridine rings is 1. The molecule has 0 fully saturated rings. The van der Waals surface area contributed by atoms with Gasteiger partial charge in [-0.1, -0.05) is 12.1 Å². The Morgan fingerprint density at radius 3 is 2.90 bits per heavy atom. The van der Waals surface area contributed by atoms with Gasteiger partial charge in [-0.3, -0.25) is 9.78 Å². The second kappa shape index (κ2) is 6.70. The summed E-state index contributed by atoms with van der Waals surface area (Å²) in [5, 5.41) is 2.91. The number of carbonyl (C=O) groups is 1. The van der Waals surface area contributed by atoms with E-state index in [2.05, 4.69) is 10.3 Å². The van der Waals surface area contributed by atoms with Gasteiger partial charge in [0, 0.05) is 30.5 Å². The fourth-order valence-electron chi connectivity index (χ4n) is 1.99. The molecule has 0 bridgehead atoms. The number of nitrogen functional groups attached to an aromatic ring is 1. The zero-order chi connectivity index (χ0) is 14.4. The van der Waals surface area contributed by atoms with Crippen LogP contribution in [0.15, 0.2) is 42.6 Å². The zero-order valence-electron chi connectivity index (χ0n) is 11.6. The van der Waals surface area contributed by atoms with Crippen LogP contribution in [0.1, 0.15) is 16.8 Å². The number of nitrogens with zero attached hydrogens (tertiary/aromatic N) is 1. The summed E-state index contributed by atoms with van der Waals surface area (Å²) < 4.78 is 0. The number of benzene rings is 1. The van der Waals surface area contributed by atoms with Crippen LogP contribution >= 0.6 is 0 Å². The van der Waals surface area contributed by atoms with E-state index in [0.29, 0.717) is 18.7 Å². The highest BCUT2D eigenvalue weighted by atomic mass is 16.1. The van der Waals surface area contributed by atoms with E-state index in [9.17, 15) is 4.79 Å². The molecule has 1 aromatic heterocycles.